The van der Waals surface area contributed by atoms with Gasteiger partial charge in [-0.15, -0.1) is 0 Å². The highest BCUT2D eigenvalue weighted by molar-refractivity contribution is 8.02. The van der Waals surface area contributed by atoms with E-state index in [1.807, 2.05) is 50.2 Å². The Morgan fingerprint density at radius 2 is 1.70 bits per heavy atom. The average molecular weight is 442 g/mol. The number of carbonyl (C=O) groups is 1. The summed E-state index contributed by atoms with van der Waals surface area (Å²) in [4.78, 5) is 22.5. The fraction of sp³-hybridized carbons (Fsp3) is 0.227. The summed E-state index contributed by atoms with van der Waals surface area (Å²) < 4.78 is 11.1. The van der Waals surface area contributed by atoms with Crippen molar-refractivity contribution in [1.29, 1.82) is 0 Å². The highest BCUT2D eigenvalue weighted by Crippen LogP contribution is 2.33. The minimum Gasteiger partial charge on any atom is -0.494 e. The lowest BCUT2D eigenvalue weighted by Gasteiger charge is -2.13. The first-order chi connectivity index (χ1) is 14.7. The lowest BCUT2D eigenvalue weighted by atomic mass is 10.2. The van der Waals surface area contributed by atoms with Crippen molar-refractivity contribution in [3.63, 3.8) is 0 Å². The zero-order chi connectivity index (χ0) is 21.2. The number of carbonyl (C=O) groups excluding carboxylic acids is 1. The molecule has 0 radical (unpaired) electrons. The topological polar surface area (TPSA) is 73.3 Å². The zero-order valence-corrected chi connectivity index (χ0v) is 18.5. The first-order valence-electron chi connectivity index (χ1n) is 9.55. The largest absolute Gasteiger partial charge is 0.494 e. The number of thioether (sulfide) groups is 1. The van der Waals surface area contributed by atoms with Crippen molar-refractivity contribution in [2.24, 2.45) is 0 Å². The fourth-order valence-electron chi connectivity index (χ4n) is 2.55. The average Bonchev–Trinajstić information content (AvgIpc) is 2.76. The van der Waals surface area contributed by atoms with Crippen LogP contribution in [0.2, 0.25) is 0 Å². The molecule has 156 valence electrons. The second kappa shape index (κ2) is 11.5. The standard InChI is InChI=1S/C22H23N3O3S2/c1-3-27-16-10-11-19(28-4-2)18(14-16)25-20(26)15-29-21-22(24-13-12-23-21)30-17-8-6-5-7-9-17/h5-14H,3-4,15H2,1-2H3,(H,25,26). The molecule has 6 nitrogen and oxygen atoms in total. The van der Waals surface area contributed by atoms with Crippen molar-refractivity contribution in [3.05, 3.63) is 60.9 Å². The third-order valence-electron chi connectivity index (χ3n) is 3.77. The number of nitrogens with one attached hydrogen (secondary N) is 1. The van der Waals surface area contributed by atoms with Gasteiger partial charge >= 0.3 is 0 Å². The normalized spacial score (nSPS) is 10.5. The maximum atomic E-state index is 12.6. The Labute approximate surface area is 184 Å². The SMILES string of the molecule is CCOc1ccc(OCC)c(NC(=O)CSc2nccnc2Sc2ccccc2)c1. The number of hydrogen-bond donors (Lipinski definition) is 1. The maximum absolute atomic E-state index is 12.6. The van der Waals surface area contributed by atoms with E-state index in [0.29, 0.717) is 30.4 Å². The molecule has 0 fully saturated rings. The minimum atomic E-state index is -0.157. The van der Waals surface area contributed by atoms with Gasteiger partial charge in [0, 0.05) is 23.4 Å². The maximum Gasteiger partial charge on any atom is 0.234 e. The van der Waals surface area contributed by atoms with E-state index in [1.165, 1.54) is 23.5 Å². The van der Waals surface area contributed by atoms with Crippen LogP contribution in [0.3, 0.4) is 0 Å². The van der Waals surface area contributed by atoms with E-state index < -0.39 is 0 Å². The Bertz CT molecular complexity index is 971. The number of aromatic nitrogens is 2. The molecule has 0 atom stereocenters. The van der Waals surface area contributed by atoms with Gasteiger partial charge in [-0.25, -0.2) is 9.97 Å². The molecule has 0 saturated carbocycles. The Kier molecular flexibility index (Phi) is 8.41. The summed E-state index contributed by atoms with van der Waals surface area (Å²) in [6.45, 7) is 4.87. The summed E-state index contributed by atoms with van der Waals surface area (Å²) in [7, 11) is 0. The van der Waals surface area contributed by atoms with Gasteiger partial charge in [0.15, 0.2) is 0 Å². The van der Waals surface area contributed by atoms with Crippen molar-refractivity contribution in [1.82, 2.24) is 9.97 Å². The third-order valence-corrected chi connectivity index (χ3v) is 5.87. The van der Waals surface area contributed by atoms with Crippen LogP contribution < -0.4 is 14.8 Å². The van der Waals surface area contributed by atoms with Crippen molar-refractivity contribution in [2.75, 3.05) is 24.3 Å². The summed E-state index contributed by atoms with van der Waals surface area (Å²) in [6, 6.07) is 15.4. The van der Waals surface area contributed by atoms with Gasteiger partial charge in [-0.3, -0.25) is 4.79 Å². The quantitative estimate of drug-likeness (QED) is 0.436. The van der Waals surface area contributed by atoms with E-state index in [2.05, 4.69) is 15.3 Å². The van der Waals surface area contributed by atoms with Gasteiger partial charge in [0.25, 0.3) is 0 Å². The smallest absolute Gasteiger partial charge is 0.234 e. The monoisotopic (exact) mass is 441 g/mol. The van der Waals surface area contributed by atoms with Gasteiger partial charge in [-0.05, 0) is 38.1 Å². The molecule has 1 amide bonds. The summed E-state index contributed by atoms with van der Waals surface area (Å²) in [5, 5.41) is 4.40. The highest BCUT2D eigenvalue weighted by atomic mass is 32.2. The second-order valence-corrected chi connectivity index (χ2v) is 7.97. The molecule has 0 unspecified atom stereocenters. The van der Waals surface area contributed by atoms with Crippen LogP contribution in [0.1, 0.15) is 13.8 Å². The predicted octanol–water partition coefficient (Wildman–Crippen LogP) is 5.16. The van der Waals surface area contributed by atoms with E-state index in [4.69, 9.17) is 9.47 Å². The molecule has 1 aromatic heterocycles. The number of hydrogen-bond acceptors (Lipinski definition) is 7. The van der Waals surface area contributed by atoms with Gasteiger partial charge in [0.05, 0.1) is 24.7 Å². The molecule has 0 spiro atoms. The number of rotatable bonds is 10. The summed E-state index contributed by atoms with van der Waals surface area (Å²) >= 11 is 2.87. The molecule has 0 aliphatic carbocycles. The summed E-state index contributed by atoms with van der Waals surface area (Å²) in [5.41, 5.74) is 0.589. The van der Waals surface area contributed by atoms with Crippen LogP contribution in [-0.2, 0) is 4.79 Å². The first-order valence-corrected chi connectivity index (χ1v) is 11.4. The summed E-state index contributed by atoms with van der Waals surface area (Å²) in [5.74, 6) is 1.33. The molecular weight excluding hydrogens is 418 g/mol. The molecule has 3 rings (SSSR count). The van der Waals surface area contributed by atoms with Gasteiger partial charge < -0.3 is 14.8 Å². The minimum absolute atomic E-state index is 0.157. The lowest BCUT2D eigenvalue weighted by molar-refractivity contribution is -0.113. The number of benzene rings is 2. The van der Waals surface area contributed by atoms with Crippen molar-refractivity contribution in [2.45, 2.75) is 28.8 Å². The second-order valence-electron chi connectivity index (χ2n) is 5.94. The van der Waals surface area contributed by atoms with Crippen LogP contribution in [0.25, 0.3) is 0 Å². The van der Waals surface area contributed by atoms with Gasteiger partial charge in [-0.2, -0.15) is 0 Å². The Balaban J connectivity index is 1.66. The Hall–Kier alpha value is -2.71. The van der Waals surface area contributed by atoms with E-state index >= 15 is 0 Å². The Morgan fingerprint density at radius 1 is 0.967 bits per heavy atom. The van der Waals surface area contributed by atoms with E-state index in [9.17, 15) is 4.79 Å². The fourth-order valence-corrected chi connectivity index (χ4v) is 4.27. The molecule has 1 N–H and O–H groups in total. The lowest BCUT2D eigenvalue weighted by Crippen LogP contribution is -2.15. The van der Waals surface area contributed by atoms with E-state index in [-0.39, 0.29) is 11.7 Å². The molecular formula is C22H23N3O3S2. The van der Waals surface area contributed by atoms with Gasteiger partial charge in [0.2, 0.25) is 5.91 Å². The molecule has 1 heterocycles. The van der Waals surface area contributed by atoms with Crippen LogP contribution in [-0.4, -0.2) is 34.8 Å². The molecule has 0 aliphatic heterocycles. The van der Waals surface area contributed by atoms with Crippen LogP contribution in [0.4, 0.5) is 5.69 Å². The predicted molar refractivity (Wildman–Crippen MR) is 121 cm³/mol. The number of nitrogens with zero attached hydrogens (tertiary/aromatic N) is 2. The van der Waals surface area contributed by atoms with Crippen molar-refractivity contribution in [3.8, 4) is 11.5 Å². The van der Waals surface area contributed by atoms with E-state index in [1.54, 1.807) is 24.5 Å². The number of anilines is 1. The molecule has 2 aromatic carbocycles. The van der Waals surface area contributed by atoms with Gasteiger partial charge in [-0.1, -0.05) is 41.7 Å². The van der Waals surface area contributed by atoms with Crippen molar-refractivity contribution < 1.29 is 14.3 Å². The van der Waals surface area contributed by atoms with Crippen LogP contribution in [0.15, 0.2) is 75.9 Å². The van der Waals surface area contributed by atoms with E-state index in [0.717, 1.165) is 14.9 Å². The molecule has 0 saturated heterocycles. The van der Waals surface area contributed by atoms with Crippen LogP contribution >= 0.6 is 23.5 Å². The zero-order valence-electron chi connectivity index (χ0n) is 16.8. The molecule has 30 heavy (non-hydrogen) atoms. The molecule has 0 aliphatic rings. The summed E-state index contributed by atoms with van der Waals surface area (Å²) in [6.07, 6.45) is 3.29. The number of ether oxygens (including phenoxy) is 2. The first kappa shape index (κ1) is 22.0. The van der Waals surface area contributed by atoms with Crippen LogP contribution in [0, 0.1) is 0 Å². The molecule has 3 aromatic rings. The third kappa shape index (κ3) is 6.40. The van der Waals surface area contributed by atoms with Crippen molar-refractivity contribution >= 4 is 35.1 Å². The van der Waals surface area contributed by atoms with Crippen LogP contribution in [0.5, 0.6) is 11.5 Å². The Morgan fingerprint density at radius 3 is 2.43 bits per heavy atom. The van der Waals surface area contributed by atoms with Gasteiger partial charge in [0.1, 0.15) is 21.6 Å². The molecule has 8 heteroatoms. The molecule has 0 bridgehead atoms. The number of amides is 1. The highest BCUT2D eigenvalue weighted by Gasteiger charge is 2.13.